The van der Waals surface area contributed by atoms with E-state index in [2.05, 4.69) is 25.9 Å². The van der Waals surface area contributed by atoms with E-state index in [0.717, 1.165) is 21.5 Å². The number of thiophene rings is 1. The number of amides is 1. The van der Waals surface area contributed by atoms with E-state index in [4.69, 9.17) is 0 Å². The van der Waals surface area contributed by atoms with Gasteiger partial charge in [-0.2, -0.15) is 9.78 Å². The number of nitrogens with zero attached hydrogens (tertiary/aromatic N) is 6. The van der Waals surface area contributed by atoms with E-state index in [-0.39, 0.29) is 17.4 Å². The van der Waals surface area contributed by atoms with Gasteiger partial charge in [0.1, 0.15) is 22.2 Å². The summed E-state index contributed by atoms with van der Waals surface area (Å²) < 4.78 is 30.6. The van der Waals surface area contributed by atoms with Gasteiger partial charge >= 0.3 is 0 Å². The van der Waals surface area contributed by atoms with Crippen molar-refractivity contribution in [1.82, 2.24) is 30.0 Å². The summed E-state index contributed by atoms with van der Waals surface area (Å²) in [5.74, 6) is -0.713. The third kappa shape index (κ3) is 3.98. The molecular weight excluding hydrogens is 448 g/mol. The number of benzene rings is 2. The Kier molecular flexibility index (Phi) is 5.17. The van der Waals surface area contributed by atoms with Gasteiger partial charge in [-0.1, -0.05) is 12.1 Å². The lowest BCUT2D eigenvalue weighted by Gasteiger charge is -2.08. The van der Waals surface area contributed by atoms with Gasteiger partial charge in [0.05, 0.1) is 17.1 Å². The summed E-state index contributed by atoms with van der Waals surface area (Å²) in [7, 11) is 0. The van der Waals surface area contributed by atoms with E-state index in [1.807, 2.05) is 6.92 Å². The molecule has 0 radical (unpaired) electrons. The van der Waals surface area contributed by atoms with Crippen molar-refractivity contribution in [2.75, 3.05) is 5.32 Å². The maximum absolute atomic E-state index is 14.3. The predicted octanol–water partition coefficient (Wildman–Crippen LogP) is 4.27. The van der Waals surface area contributed by atoms with Crippen LogP contribution < -0.4 is 5.32 Å². The molecule has 1 N–H and O–H groups in total. The molecule has 0 bridgehead atoms. The standard InChI is InChI=1S/C22H17F2N7OS/c1-12-17-10-20(33-22(17)30(27-12)11-14-3-5-15(23)6-4-14)21(32)25-16-7-8-18(24)19(9-16)31-13(2)26-28-29-31/h3-10H,11H2,1-2H3,(H,25,32). The zero-order valence-electron chi connectivity index (χ0n) is 17.6. The number of carbonyl (C=O) groups excluding carboxylic acids is 1. The van der Waals surface area contributed by atoms with Crippen LogP contribution >= 0.6 is 11.3 Å². The van der Waals surface area contributed by atoms with Crippen LogP contribution in [0.25, 0.3) is 15.9 Å². The first-order chi connectivity index (χ1) is 15.9. The van der Waals surface area contributed by atoms with Crippen LogP contribution in [0.4, 0.5) is 14.5 Å². The van der Waals surface area contributed by atoms with E-state index in [0.29, 0.717) is 22.9 Å². The molecule has 0 fully saturated rings. The summed E-state index contributed by atoms with van der Waals surface area (Å²) >= 11 is 1.30. The van der Waals surface area contributed by atoms with Crippen molar-refractivity contribution >= 4 is 33.1 Å². The second-order valence-corrected chi connectivity index (χ2v) is 8.49. The third-order valence-electron chi connectivity index (χ3n) is 5.13. The molecule has 0 saturated heterocycles. The molecule has 0 atom stereocenters. The largest absolute Gasteiger partial charge is 0.321 e. The van der Waals surface area contributed by atoms with Crippen LogP contribution in [0.2, 0.25) is 0 Å². The Balaban J connectivity index is 1.41. The number of aromatic nitrogens is 6. The molecule has 0 saturated carbocycles. The Morgan fingerprint density at radius 1 is 1.09 bits per heavy atom. The molecule has 2 aromatic carbocycles. The van der Waals surface area contributed by atoms with Crippen LogP contribution in [-0.4, -0.2) is 35.9 Å². The first kappa shape index (κ1) is 20.9. The smallest absolute Gasteiger partial charge is 0.265 e. The highest BCUT2D eigenvalue weighted by Gasteiger charge is 2.18. The van der Waals surface area contributed by atoms with Crippen LogP contribution in [0.5, 0.6) is 0 Å². The van der Waals surface area contributed by atoms with Crippen LogP contribution in [-0.2, 0) is 6.54 Å². The summed E-state index contributed by atoms with van der Waals surface area (Å²) in [5.41, 5.74) is 2.24. The fourth-order valence-electron chi connectivity index (χ4n) is 3.49. The number of fused-ring (bicyclic) bond motifs is 1. The lowest BCUT2D eigenvalue weighted by Crippen LogP contribution is -2.11. The number of hydrogen-bond acceptors (Lipinski definition) is 6. The van der Waals surface area contributed by atoms with E-state index in [1.54, 1.807) is 29.8 Å². The number of rotatable bonds is 5. The van der Waals surface area contributed by atoms with Gasteiger partial charge in [0.2, 0.25) is 0 Å². The normalized spacial score (nSPS) is 11.3. The average Bonchev–Trinajstić information content (AvgIpc) is 3.49. The number of anilines is 1. The first-order valence-corrected chi connectivity index (χ1v) is 10.8. The maximum atomic E-state index is 14.3. The highest BCUT2D eigenvalue weighted by Crippen LogP contribution is 2.30. The highest BCUT2D eigenvalue weighted by atomic mass is 32.1. The summed E-state index contributed by atoms with van der Waals surface area (Å²) in [4.78, 5) is 14.3. The van der Waals surface area contributed by atoms with Gasteiger partial charge in [0.25, 0.3) is 5.91 Å². The molecular formula is C22H17F2N7OS. The molecule has 3 heterocycles. The Labute approximate surface area is 190 Å². The SMILES string of the molecule is Cc1nn(Cc2ccc(F)cc2)c2sc(C(=O)Nc3ccc(F)c(-n4nnnc4C)c3)cc12. The second-order valence-electron chi connectivity index (χ2n) is 7.46. The molecule has 5 rings (SSSR count). The number of nitrogens with one attached hydrogen (secondary N) is 1. The number of tetrazole rings is 1. The van der Waals surface area contributed by atoms with Crippen LogP contribution in [0.1, 0.15) is 26.8 Å². The molecule has 0 unspecified atom stereocenters. The van der Waals surface area contributed by atoms with Gasteiger partial charge in [-0.05, 0) is 66.2 Å². The molecule has 0 aliphatic carbocycles. The summed E-state index contributed by atoms with van der Waals surface area (Å²) in [6.45, 7) is 3.98. The molecule has 3 aromatic heterocycles. The molecule has 33 heavy (non-hydrogen) atoms. The minimum absolute atomic E-state index is 0.137. The van der Waals surface area contributed by atoms with Crippen LogP contribution in [0, 0.1) is 25.5 Å². The fourth-order valence-corrected chi connectivity index (χ4v) is 4.55. The molecule has 166 valence electrons. The van der Waals surface area contributed by atoms with Crippen LogP contribution in [0.15, 0.2) is 48.5 Å². The lowest BCUT2D eigenvalue weighted by molar-refractivity contribution is 0.103. The van der Waals surface area contributed by atoms with Crippen molar-refractivity contribution in [2.24, 2.45) is 0 Å². The highest BCUT2D eigenvalue weighted by molar-refractivity contribution is 7.20. The molecule has 8 nitrogen and oxygen atoms in total. The quantitative estimate of drug-likeness (QED) is 0.419. The molecule has 0 aliphatic heterocycles. The molecule has 0 spiro atoms. The summed E-state index contributed by atoms with van der Waals surface area (Å²) in [6, 6.07) is 12.2. The zero-order chi connectivity index (χ0) is 23.1. The second kappa shape index (κ2) is 8.17. The topological polar surface area (TPSA) is 90.5 Å². The van der Waals surface area contributed by atoms with E-state index >= 15 is 0 Å². The van der Waals surface area contributed by atoms with Crippen molar-refractivity contribution in [1.29, 1.82) is 0 Å². The van der Waals surface area contributed by atoms with E-state index < -0.39 is 5.82 Å². The van der Waals surface area contributed by atoms with Crippen molar-refractivity contribution in [3.63, 3.8) is 0 Å². The first-order valence-electron chi connectivity index (χ1n) is 9.96. The zero-order valence-corrected chi connectivity index (χ0v) is 18.4. The molecule has 5 aromatic rings. The van der Waals surface area contributed by atoms with Gasteiger partial charge in [-0.25, -0.2) is 8.78 Å². The Morgan fingerprint density at radius 3 is 2.61 bits per heavy atom. The maximum Gasteiger partial charge on any atom is 0.265 e. The lowest BCUT2D eigenvalue weighted by atomic mass is 10.2. The molecule has 11 heteroatoms. The Hall–Kier alpha value is -3.99. The van der Waals surface area contributed by atoms with Crippen molar-refractivity contribution < 1.29 is 13.6 Å². The molecule has 0 aliphatic rings. The van der Waals surface area contributed by atoms with Crippen LogP contribution in [0.3, 0.4) is 0 Å². The number of hydrogen-bond donors (Lipinski definition) is 1. The van der Waals surface area contributed by atoms with Gasteiger partial charge in [-0.15, -0.1) is 16.4 Å². The number of carbonyl (C=O) groups is 1. The molecule has 1 amide bonds. The Morgan fingerprint density at radius 2 is 1.88 bits per heavy atom. The fraction of sp³-hybridized carbons (Fsp3) is 0.136. The van der Waals surface area contributed by atoms with Gasteiger partial charge in [0.15, 0.2) is 5.82 Å². The van der Waals surface area contributed by atoms with Gasteiger partial charge in [-0.3, -0.25) is 9.48 Å². The van der Waals surface area contributed by atoms with Crippen molar-refractivity contribution in [2.45, 2.75) is 20.4 Å². The van der Waals surface area contributed by atoms with Crippen molar-refractivity contribution in [3.05, 3.63) is 82.1 Å². The average molecular weight is 465 g/mol. The minimum atomic E-state index is -0.512. The van der Waals surface area contributed by atoms with E-state index in [9.17, 15) is 13.6 Å². The monoisotopic (exact) mass is 465 g/mol. The van der Waals surface area contributed by atoms with Gasteiger partial charge < -0.3 is 5.32 Å². The van der Waals surface area contributed by atoms with Crippen molar-refractivity contribution in [3.8, 4) is 5.69 Å². The minimum Gasteiger partial charge on any atom is -0.321 e. The summed E-state index contributed by atoms with van der Waals surface area (Å²) in [5, 5.41) is 19.3. The third-order valence-corrected chi connectivity index (χ3v) is 6.28. The summed E-state index contributed by atoms with van der Waals surface area (Å²) in [6.07, 6.45) is 0. The van der Waals surface area contributed by atoms with E-state index in [1.165, 1.54) is 46.4 Å². The van der Waals surface area contributed by atoms with Gasteiger partial charge in [0, 0.05) is 11.1 Å². The Bertz CT molecular complexity index is 1490. The predicted molar refractivity (Wildman–Crippen MR) is 120 cm³/mol. The number of aryl methyl sites for hydroxylation is 2. The number of halogens is 2.